The number of ether oxygens (including phenoxy) is 3. The number of benzene rings is 2. The van der Waals surface area contributed by atoms with Crippen LogP contribution in [-0.2, 0) is 21.4 Å². The first-order chi connectivity index (χ1) is 17.1. The number of nitrogens with zero attached hydrogens (tertiary/aromatic N) is 1. The molecule has 2 heterocycles. The van der Waals surface area contributed by atoms with Crippen LogP contribution in [0.15, 0.2) is 36.4 Å². The van der Waals surface area contributed by atoms with Gasteiger partial charge in [-0.3, -0.25) is 9.59 Å². The molecule has 2 bridgehead atoms. The number of halogens is 1. The fraction of sp³-hybridized carbons (Fsp3) is 0.444. The summed E-state index contributed by atoms with van der Waals surface area (Å²) in [5.74, 6) is -0.108. The van der Waals surface area contributed by atoms with Crippen molar-refractivity contribution in [2.45, 2.75) is 55.8 Å². The molecule has 0 unspecified atom stereocenters. The molecule has 2 aromatic carbocycles. The molecule has 1 saturated carbocycles. The number of aliphatic hydroxyl groups is 1. The molecule has 1 spiro atoms. The molecule has 4 atom stereocenters. The van der Waals surface area contributed by atoms with Crippen LogP contribution in [-0.4, -0.2) is 71.3 Å². The van der Waals surface area contributed by atoms with Gasteiger partial charge in [-0.1, -0.05) is 18.2 Å². The molecule has 2 aliphatic carbocycles. The van der Waals surface area contributed by atoms with Gasteiger partial charge in [-0.25, -0.2) is 4.79 Å². The number of ketones is 1. The summed E-state index contributed by atoms with van der Waals surface area (Å²) in [5.41, 5.74) is 0.721. The van der Waals surface area contributed by atoms with Crippen molar-refractivity contribution in [2.24, 2.45) is 0 Å². The maximum Gasteiger partial charge on any atom is 0.339 e. The van der Waals surface area contributed by atoms with Gasteiger partial charge < -0.3 is 29.3 Å². The van der Waals surface area contributed by atoms with Gasteiger partial charge in [-0.05, 0) is 56.6 Å². The van der Waals surface area contributed by atoms with E-state index in [9.17, 15) is 19.5 Å². The Hall–Kier alpha value is -3.14. The van der Waals surface area contributed by atoms with Gasteiger partial charge in [0.05, 0.1) is 18.1 Å². The van der Waals surface area contributed by atoms with E-state index in [1.54, 1.807) is 19.2 Å². The SMILES string of the molecule is CC(=O)Oc1ccccc1C(=O)O.COc1ccc2c3c1O[C@H]1C(=O)CC[C@@]4(O)[C@@H](C2)N(C)CC[C@]314.Cl. The summed E-state index contributed by atoms with van der Waals surface area (Å²) in [4.78, 5) is 36.1. The highest BCUT2D eigenvalue weighted by Gasteiger charge is 2.72. The van der Waals surface area contributed by atoms with Crippen LogP contribution >= 0.6 is 12.4 Å². The molecule has 9 nitrogen and oxygen atoms in total. The summed E-state index contributed by atoms with van der Waals surface area (Å²) in [6, 6.07) is 10.0. The minimum Gasteiger partial charge on any atom is -0.493 e. The highest BCUT2D eigenvalue weighted by atomic mass is 35.5. The van der Waals surface area contributed by atoms with E-state index < -0.39 is 29.1 Å². The zero-order valence-electron chi connectivity index (χ0n) is 20.9. The maximum atomic E-state index is 12.7. The Bertz CT molecular complexity index is 1260. The highest BCUT2D eigenvalue weighted by molar-refractivity contribution is 5.92. The number of hydrogen-bond acceptors (Lipinski definition) is 8. The summed E-state index contributed by atoms with van der Waals surface area (Å²) in [7, 11) is 3.70. The Morgan fingerprint density at radius 2 is 1.86 bits per heavy atom. The number of esters is 1. The molecule has 6 rings (SSSR count). The van der Waals surface area contributed by atoms with Crippen LogP contribution < -0.4 is 14.2 Å². The van der Waals surface area contributed by atoms with E-state index in [0.29, 0.717) is 24.3 Å². The van der Waals surface area contributed by atoms with E-state index in [-0.39, 0.29) is 35.5 Å². The number of carboxylic acid groups (broad SMARTS) is 1. The van der Waals surface area contributed by atoms with Gasteiger partial charge in [-0.15, -0.1) is 12.4 Å². The number of likely N-dealkylation sites (N-methyl/N-ethyl adjacent to an activating group) is 1. The monoisotopic (exact) mass is 531 g/mol. The number of hydrogen-bond donors (Lipinski definition) is 2. The molecule has 4 aliphatic rings. The van der Waals surface area contributed by atoms with Crippen molar-refractivity contribution >= 4 is 30.1 Å². The maximum absolute atomic E-state index is 12.7. The Labute approximate surface area is 220 Å². The molecule has 10 heteroatoms. The first-order valence-corrected chi connectivity index (χ1v) is 12.0. The van der Waals surface area contributed by atoms with E-state index >= 15 is 0 Å². The Morgan fingerprint density at radius 3 is 2.54 bits per heavy atom. The molecule has 2 aliphatic heterocycles. The number of Topliss-reactive ketones (excluding diaryl/α,β-unsaturated/α-hetero) is 1. The number of likely N-dealkylation sites (tertiary alicyclic amines) is 1. The summed E-state index contributed by atoms with van der Waals surface area (Å²) < 4.78 is 16.3. The van der Waals surface area contributed by atoms with Crippen LogP contribution in [0.25, 0.3) is 0 Å². The minimum atomic E-state index is -1.11. The number of para-hydroxylation sites is 1. The molecular weight excluding hydrogens is 502 g/mol. The lowest BCUT2D eigenvalue weighted by Gasteiger charge is -2.62. The number of carbonyl (C=O) groups excluding carboxylic acids is 2. The first-order valence-electron chi connectivity index (χ1n) is 12.0. The molecule has 37 heavy (non-hydrogen) atoms. The highest BCUT2D eigenvalue weighted by Crippen LogP contribution is 2.64. The molecule has 2 fully saturated rings. The molecule has 0 radical (unpaired) electrons. The third kappa shape index (κ3) is 3.88. The van der Waals surface area contributed by atoms with E-state index in [0.717, 1.165) is 24.9 Å². The average molecular weight is 532 g/mol. The third-order valence-corrected chi connectivity index (χ3v) is 8.10. The molecular formula is C27H30ClNO8. The normalized spacial score (nSPS) is 28.5. The second-order valence-electron chi connectivity index (χ2n) is 9.84. The van der Waals surface area contributed by atoms with E-state index in [1.165, 1.54) is 24.6 Å². The fourth-order valence-corrected chi connectivity index (χ4v) is 6.57. The second-order valence-corrected chi connectivity index (χ2v) is 9.84. The zero-order chi connectivity index (χ0) is 25.8. The third-order valence-electron chi connectivity index (χ3n) is 8.10. The Balaban J connectivity index is 0.000000198. The van der Waals surface area contributed by atoms with Crippen molar-refractivity contribution in [2.75, 3.05) is 20.7 Å². The molecule has 1 saturated heterocycles. The smallest absolute Gasteiger partial charge is 0.339 e. The van der Waals surface area contributed by atoms with Gasteiger partial charge in [0.25, 0.3) is 0 Å². The topological polar surface area (TPSA) is 123 Å². The lowest BCUT2D eigenvalue weighted by Crippen LogP contribution is -2.76. The van der Waals surface area contributed by atoms with Crippen LogP contribution in [0.5, 0.6) is 17.2 Å². The van der Waals surface area contributed by atoms with Gasteiger partial charge in [0, 0.05) is 24.9 Å². The van der Waals surface area contributed by atoms with Crippen molar-refractivity contribution in [1.29, 1.82) is 0 Å². The predicted octanol–water partition coefficient (Wildman–Crippen LogP) is 2.78. The van der Waals surface area contributed by atoms with Crippen molar-refractivity contribution in [1.82, 2.24) is 4.90 Å². The van der Waals surface area contributed by atoms with Crippen molar-refractivity contribution in [3.05, 3.63) is 53.1 Å². The molecule has 0 amide bonds. The van der Waals surface area contributed by atoms with Crippen molar-refractivity contribution in [3.8, 4) is 17.2 Å². The van der Waals surface area contributed by atoms with Gasteiger partial charge in [-0.2, -0.15) is 0 Å². The van der Waals surface area contributed by atoms with Crippen LogP contribution in [0.1, 0.15) is 47.7 Å². The number of carboxylic acids is 1. The molecule has 0 aromatic heterocycles. The number of rotatable bonds is 3. The summed E-state index contributed by atoms with van der Waals surface area (Å²) in [5, 5.41) is 20.4. The molecule has 2 aromatic rings. The summed E-state index contributed by atoms with van der Waals surface area (Å²) in [6.45, 7) is 2.09. The zero-order valence-corrected chi connectivity index (χ0v) is 21.7. The first kappa shape index (κ1) is 26.9. The summed E-state index contributed by atoms with van der Waals surface area (Å²) >= 11 is 0. The fourth-order valence-electron chi connectivity index (χ4n) is 6.57. The van der Waals surface area contributed by atoms with Crippen molar-refractivity contribution in [3.63, 3.8) is 0 Å². The standard InChI is InChI=1S/C18H21NO4.C9H8O4.ClH/c1-19-8-7-17-14-10-3-4-12(22-2)15(14)23-16(17)11(20)5-6-18(17,21)13(19)9-10;1-6(10)13-8-5-3-2-4-7(8)9(11)12;/h3-4,13,16,21H,5-9H2,1-2H3;2-5H,1H3,(H,11,12);1H/t13-,16+,17+,18-;;/m1../s1. The average Bonchev–Trinajstić information content (AvgIpc) is 3.20. The van der Waals surface area contributed by atoms with E-state index in [2.05, 4.69) is 22.8 Å². The molecule has 2 N–H and O–H groups in total. The quantitative estimate of drug-likeness (QED) is 0.454. The lowest BCUT2D eigenvalue weighted by atomic mass is 9.49. The van der Waals surface area contributed by atoms with Gasteiger partial charge in [0.15, 0.2) is 23.4 Å². The van der Waals surface area contributed by atoms with Crippen LogP contribution in [0.2, 0.25) is 0 Å². The number of piperidine rings is 1. The van der Waals surface area contributed by atoms with E-state index in [4.69, 9.17) is 14.6 Å². The van der Waals surface area contributed by atoms with Gasteiger partial charge in [0.1, 0.15) is 11.3 Å². The Morgan fingerprint density at radius 1 is 1.14 bits per heavy atom. The minimum absolute atomic E-state index is 0. The van der Waals surface area contributed by atoms with Crippen LogP contribution in [0, 0.1) is 0 Å². The molecule has 198 valence electrons. The van der Waals surface area contributed by atoms with E-state index in [1.807, 2.05) is 6.07 Å². The van der Waals surface area contributed by atoms with Gasteiger partial charge >= 0.3 is 11.9 Å². The summed E-state index contributed by atoms with van der Waals surface area (Å²) in [6.07, 6.45) is 1.89. The number of carbonyl (C=O) groups is 3. The van der Waals surface area contributed by atoms with Crippen LogP contribution in [0.4, 0.5) is 0 Å². The number of methoxy groups -OCH3 is 1. The van der Waals surface area contributed by atoms with Crippen molar-refractivity contribution < 1.29 is 38.8 Å². The van der Waals surface area contributed by atoms with Crippen LogP contribution in [0.3, 0.4) is 0 Å². The predicted molar refractivity (Wildman–Crippen MR) is 135 cm³/mol. The number of aromatic carboxylic acids is 1. The Kier molecular flexibility index (Phi) is 7.00. The van der Waals surface area contributed by atoms with Gasteiger partial charge in [0.2, 0.25) is 0 Å². The lowest BCUT2D eigenvalue weighted by molar-refractivity contribution is -0.185. The largest absolute Gasteiger partial charge is 0.493 e. The second kappa shape index (κ2) is 9.63.